The van der Waals surface area contributed by atoms with Crippen LogP contribution in [0.1, 0.15) is 26.7 Å². The highest BCUT2D eigenvalue weighted by Crippen LogP contribution is 2.26. The van der Waals surface area contributed by atoms with E-state index in [0.29, 0.717) is 24.6 Å². The van der Waals surface area contributed by atoms with E-state index in [1.54, 1.807) is 0 Å². The standard InChI is InChI=1S/C16H22N2O6S/c1-10(2)9-23-15-8-11(16(20)24-15)7-14(19)18-12-3-5-13(6-4-12)25(17,21)22/h3-6,10-11,15H,7-9H2,1-2H3,(H,18,19)(H2,17,21,22)/t11-,15+/m1/s1. The highest BCUT2D eigenvalue weighted by atomic mass is 32.2. The van der Waals surface area contributed by atoms with Gasteiger partial charge in [0.25, 0.3) is 0 Å². The minimum absolute atomic E-state index is 0.0304. The molecule has 0 aromatic heterocycles. The molecule has 1 saturated heterocycles. The topological polar surface area (TPSA) is 125 Å². The lowest BCUT2D eigenvalue weighted by atomic mass is 10.0. The first kappa shape index (κ1) is 19.4. The number of nitrogens with two attached hydrogens (primary N) is 1. The van der Waals surface area contributed by atoms with Gasteiger partial charge in [-0.25, -0.2) is 13.6 Å². The maximum atomic E-state index is 12.1. The van der Waals surface area contributed by atoms with Gasteiger partial charge in [0.05, 0.1) is 17.4 Å². The van der Waals surface area contributed by atoms with Crippen LogP contribution in [-0.4, -0.2) is 33.2 Å². The smallest absolute Gasteiger partial charge is 0.312 e. The molecule has 2 rings (SSSR count). The van der Waals surface area contributed by atoms with Gasteiger partial charge in [0.15, 0.2) is 0 Å². The number of nitrogens with one attached hydrogen (secondary N) is 1. The molecule has 1 aromatic carbocycles. The molecule has 0 radical (unpaired) electrons. The summed E-state index contributed by atoms with van der Waals surface area (Å²) in [6.45, 7) is 4.46. The number of hydrogen-bond acceptors (Lipinski definition) is 6. The van der Waals surface area contributed by atoms with Crippen LogP contribution < -0.4 is 10.5 Å². The molecular weight excluding hydrogens is 348 g/mol. The van der Waals surface area contributed by atoms with E-state index < -0.39 is 28.2 Å². The third kappa shape index (κ3) is 5.80. The Labute approximate surface area is 146 Å². The van der Waals surface area contributed by atoms with Crippen molar-refractivity contribution in [3.8, 4) is 0 Å². The molecule has 2 atom stereocenters. The van der Waals surface area contributed by atoms with Crippen molar-refractivity contribution < 1.29 is 27.5 Å². The summed E-state index contributed by atoms with van der Waals surface area (Å²) in [6, 6.07) is 5.45. The van der Waals surface area contributed by atoms with E-state index in [1.807, 2.05) is 13.8 Å². The highest BCUT2D eigenvalue weighted by molar-refractivity contribution is 7.89. The Morgan fingerprint density at radius 2 is 2.00 bits per heavy atom. The summed E-state index contributed by atoms with van der Waals surface area (Å²) in [5.41, 5.74) is 0.413. The lowest BCUT2D eigenvalue weighted by Gasteiger charge is -2.12. The van der Waals surface area contributed by atoms with Gasteiger partial charge in [-0.1, -0.05) is 13.8 Å². The van der Waals surface area contributed by atoms with Crippen LogP contribution in [0, 0.1) is 11.8 Å². The summed E-state index contributed by atoms with van der Waals surface area (Å²) in [7, 11) is -3.78. The molecule has 3 N–H and O–H groups in total. The molecule has 8 nitrogen and oxygen atoms in total. The lowest BCUT2D eigenvalue weighted by molar-refractivity contribution is -0.165. The van der Waals surface area contributed by atoms with Crippen LogP contribution in [0.3, 0.4) is 0 Å². The molecule has 0 aliphatic carbocycles. The molecule has 0 bridgehead atoms. The molecule has 25 heavy (non-hydrogen) atoms. The predicted molar refractivity (Wildman–Crippen MR) is 89.8 cm³/mol. The van der Waals surface area contributed by atoms with Crippen molar-refractivity contribution in [3.63, 3.8) is 0 Å². The average molecular weight is 370 g/mol. The first-order valence-electron chi connectivity index (χ1n) is 7.90. The van der Waals surface area contributed by atoms with Gasteiger partial charge in [-0.05, 0) is 30.2 Å². The second-order valence-electron chi connectivity index (χ2n) is 6.35. The Kier molecular flexibility index (Phi) is 6.15. The van der Waals surface area contributed by atoms with E-state index in [0.717, 1.165) is 0 Å². The van der Waals surface area contributed by atoms with Gasteiger partial charge < -0.3 is 14.8 Å². The van der Waals surface area contributed by atoms with Gasteiger partial charge in [0, 0.05) is 18.5 Å². The summed E-state index contributed by atoms with van der Waals surface area (Å²) < 4.78 is 32.9. The van der Waals surface area contributed by atoms with Crippen LogP contribution in [-0.2, 0) is 29.1 Å². The monoisotopic (exact) mass is 370 g/mol. The molecule has 1 heterocycles. The van der Waals surface area contributed by atoms with Crippen molar-refractivity contribution in [2.75, 3.05) is 11.9 Å². The van der Waals surface area contributed by atoms with E-state index >= 15 is 0 Å². The highest BCUT2D eigenvalue weighted by Gasteiger charge is 2.36. The maximum absolute atomic E-state index is 12.1. The van der Waals surface area contributed by atoms with Gasteiger partial charge in [0.2, 0.25) is 22.2 Å². The van der Waals surface area contributed by atoms with Gasteiger partial charge in [-0.3, -0.25) is 9.59 Å². The molecule has 0 spiro atoms. The fourth-order valence-corrected chi connectivity index (χ4v) is 2.85. The number of hydrogen-bond donors (Lipinski definition) is 2. The number of anilines is 1. The SMILES string of the molecule is CC(C)CO[C@@H]1C[C@@H](CC(=O)Nc2ccc(S(N)(=O)=O)cc2)C(=O)O1. The van der Waals surface area contributed by atoms with E-state index in [-0.39, 0.29) is 17.2 Å². The molecule has 1 amide bonds. The molecule has 0 unspecified atom stereocenters. The Hall–Kier alpha value is -1.97. The van der Waals surface area contributed by atoms with Crippen molar-refractivity contribution in [2.45, 2.75) is 37.9 Å². The third-order valence-electron chi connectivity index (χ3n) is 3.57. The molecule has 1 aromatic rings. The quantitative estimate of drug-likeness (QED) is 0.695. The number of benzene rings is 1. The molecular formula is C16H22N2O6S. The molecule has 1 fully saturated rings. The molecule has 1 aliphatic rings. The zero-order valence-electron chi connectivity index (χ0n) is 14.1. The second-order valence-corrected chi connectivity index (χ2v) is 7.91. The van der Waals surface area contributed by atoms with Crippen molar-refractivity contribution >= 4 is 27.6 Å². The zero-order chi connectivity index (χ0) is 18.6. The molecule has 9 heteroatoms. The molecule has 1 aliphatic heterocycles. The number of sulfonamides is 1. The van der Waals surface area contributed by atoms with E-state index in [4.69, 9.17) is 14.6 Å². The Balaban J connectivity index is 1.87. The van der Waals surface area contributed by atoms with Crippen molar-refractivity contribution in [2.24, 2.45) is 17.0 Å². The summed E-state index contributed by atoms with van der Waals surface area (Å²) in [5, 5.41) is 7.62. The zero-order valence-corrected chi connectivity index (χ0v) is 14.9. The summed E-state index contributed by atoms with van der Waals surface area (Å²) >= 11 is 0. The van der Waals surface area contributed by atoms with Crippen LogP contribution in [0.2, 0.25) is 0 Å². The normalized spacial score (nSPS) is 20.6. The van der Waals surface area contributed by atoms with Crippen LogP contribution in [0.25, 0.3) is 0 Å². The van der Waals surface area contributed by atoms with Crippen molar-refractivity contribution in [3.05, 3.63) is 24.3 Å². The number of rotatable bonds is 7. The number of esters is 1. The lowest BCUT2D eigenvalue weighted by Crippen LogP contribution is -2.19. The first-order chi connectivity index (χ1) is 11.6. The first-order valence-corrected chi connectivity index (χ1v) is 9.44. The summed E-state index contributed by atoms with van der Waals surface area (Å²) in [4.78, 5) is 23.8. The number of amides is 1. The molecule has 0 saturated carbocycles. The van der Waals surface area contributed by atoms with Crippen LogP contribution in [0.15, 0.2) is 29.2 Å². The fraction of sp³-hybridized carbons (Fsp3) is 0.500. The molecule has 138 valence electrons. The minimum atomic E-state index is -3.78. The number of carbonyl (C=O) groups is 2. The summed E-state index contributed by atoms with van der Waals surface area (Å²) in [6.07, 6.45) is -0.303. The largest absolute Gasteiger partial charge is 0.435 e. The second kappa shape index (κ2) is 7.94. The van der Waals surface area contributed by atoms with Crippen LogP contribution >= 0.6 is 0 Å². The number of cyclic esters (lactones) is 1. The minimum Gasteiger partial charge on any atom is -0.435 e. The Bertz CT molecular complexity index is 729. The Morgan fingerprint density at radius 1 is 1.36 bits per heavy atom. The number of primary sulfonamides is 1. The van der Waals surface area contributed by atoms with Gasteiger partial charge in [-0.2, -0.15) is 0 Å². The third-order valence-corrected chi connectivity index (χ3v) is 4.50. The number of carbonyl (C=O) groups excluding carboxylic acids is 2. The van der Waals surface area contributed by atoms with E-state index in [2.05, 4.69) is 5.32 Å². The van der Waals surface area contributed by atoms with E-state index in [1.165, 1.54) is 24.3 Å². The van der Waals surface area contributed by atoms with Gasteiger partial charge in [-0.15, -0.1) is 0 Å². The summed E-state index contributed by atoms with van der Waals surface area (Å²) in [5.74, 6) is -1.05. The van der Waals surface area contributed by atoms with E-state index in [9.17, 15) is 18.0 Å². The number of ether oxygens (including phenoxy) is 2. The van der Waals surface area contributed by atoms with Gasteiger partial charge in [0.1, 0.15) is 0 Å². The Morgan fingerprint density at radius 3 is 2.56 bits per heavy atom. The van der Waals surface area contributed by atoms with Gasteiger partial charge >= 0.3 is 5.97 Å². The van der Waals surface area contributed by atoms with Crippen LogP contribution in [0.5, 0.6) is 0 Å². The predicted octanol–water partition coefficient (Wildman–Crippen LogP) is 1.22. The van der Waals surface area contributed by atoms with Crippen LogP contribution in [0.4, 0.5) is 5.69 Å². The van der Waals surface area contributed by atoms with Crippen molar-refractivity contribution in [1.82, 2.24) is 0 Å². The maximum Gasteiger partial charge on any atom is 0.312 e. The fourth-order valence-electron chi connectivity index (χ4n) is 2.33. The average Bonchev–Trinajstić information content (AvgIpc) is 2.85. The van der Waals surface area contributed by atoms with Crippen molar-refractivity contribution in [1.29, 1.82) is 0 Å².